The van der Waals surface area contributed by atoms with Crippen molar-refractivity contribution in [2.45, 2.75) is 6.92 Å². The minimum atomic E-state index is -0.489. The molecular weight excluding hydrogens is 384 g/mol. The maximum Gasteiger partial charge on any atom is 0.340 e. The van der Waals surface area contributed by atoms with E-state index in [1.165, 1.54) is 7.11 Å². The summed E-state index contributed by atoms with van der Waals surface area (Å²) in [5, 5.41) is 10.3. The lowest BCUT2D eigenvalue weighted by Gasteiger charge is -2.03. The first kappa shape index (κ1) is 17.9. The van der Waals surface area contributed by atoms with E-state index < -0.39 is 5.97 Å². The summed E-state index contributed by atoms with van der Waals surface area (Å²) in [5.74, 6) is 0.213. The zero-order valence-electron chi connectivity index (χ0n) is 16.2. The molecule has 0 aliphatic rings. The highest BCUT2D eigenvalue weighted by Gasteiger charge is 2.21. The smallest absolute Gasteiger partial charge is 0.340 e. The maximum absolute atomic E-state index is 12.1. The van der Waals surface area contributed by atoms with E-state index in [9.17, 15) is 9.90 Å². The molecule has 0 bridgehead atoms. The molecule has 2 aromatic heterocycles. The molecule has 0 unspecified atom stereocenters. The van der Waals surface area contributed by atoms with Gasteiger partial charge in [0.25, 0.3) is 0 Å². The van der Waals surface area contributed by atoms with Crippen molar-refractivity contribution in [2.24, 2.45) is 0 Å². The van der Waals surface area contributed by atoms with Crippen LogP contribution in [-0.2, 0) is 4.74 Å². The number of phenols is 1. The third-order valence-electron chi connectivity index (χ3n) is 4.94. The maximum atomic E-state index is 12.1. The van der Waals surface area contributed by atoms with Gasteiger partial charge in [-0.1, -0.05) is 24.3 Å². The number of aromatic nitrogens is 2. The Morgan fingerprint density at radius 1 is 0.900 bits per heavy atom. The van der Waals surface area contributed by atoms with E-state index in [-0.39, 0.29) is 5.75 Å². The fraction of sp³-hybridized carbons (Fsp3) is 0.0870. The molecular formula is C23H16N2O5. The molecule has 0 atom stereocenters. The highest BCUT2D eigenvalue weighted by molar-refractivity contribution is 6.02. The Kier molecular flexibility index (Phi) is 4.03. The van der Waals surface area contributed by atoms with Crippen molar-refractivity contribution in [3.63, 3.8) is 0 Å². The molecule has 0 aliphatic carbocycles. The first-order valence-electron chi connectivity index (χ1n) is 9.23. The number of aryl methyl sites for hydroxylation is 1. The quantitative estimate of drug-likeness (QED) is 0.421. The van der Waals surface area contributed by atoms with E-state index in [0.717, 1.165) is 5.56 Å². The zero-order valence-corrected chi connectivity index (χ0v) is 16.2. The highest BCUT2D eigenvalue weighted by Crippen LogP contribution is 2.37. The summed E-state index contributed by atoms with van der Waals surface area (Å²) in [6.45, 7) is 1.87. The lowest BCUT2D eigenvalue weighted by Crippen LogP contribution is -2.01. The number of hydrogen-bond acceptors (Lipinski definition) is 7. The molecule has 3 aromatic carbocycles. The normalized spacial score (nSPS) is 11.3. The first-order valence-corrected chi connectivity index (χ1v) is 9.23. The molecule has 0 saturated carbocycles. The fourth-order valence-electron chi connectivity index (χ4n) is 3.50. The van der Waals surface area contributed by atoms with Gasteiger partial charge in [0.15, 0.2) is 11.2 Å². The molecule has 0 radical (unpaired) electrons. The van der Waals surface area contributed by atoms with Crippen molar-refractivity contribution < 1.29 is 23.5 Å². The van der Waals surface area contributed by atoms with Crippen molar-refractivity contribution in [1.29, 1.82) is 0 Å². The number of rotatable bonds is 3. The highest BCUT2D eigenvalue weighted by atomic mass is 16.5. The molecule has 1 N–H and O–H groups in total. The number of fused-ring (bicyclic) bond motifs is 2. The van der Waals surface area contributed by atoms with Gasteiger partial charge in [-0.25, -0.2) is 14.8 Å². The summed E-state index contributed by atoms with van der Waals surface area (Å²) >= 11 is 0. The van der Waals surface area contributed by atoms with Gasteiger partial charge in [-0.15, -0.1) is 0 Å². The standard InChI is InChI=1S/C23H16N2O5/c1-12-6-3-9-15(26)18(12)22-25-19-13(7-4-10-16(19)30-22)21-24-20-14(23(27)28-2)8-5-11-17(20)29-21/h3-11,26H,1-2H3. The molecule has 0 saturated heterocycles. The minimum Gasteiger partial charge on any atom is -0.507 e. The van der Waals surface area contributed by atoms with E-state index >= 15 is 0 Å². The molecule has 148 valence electrons. The summed E-state index contributed by atoms with van der Waals surface area (Å²) in [5.41, 5.74) is 4.26. The summed E-state index contributed by atoms with van der Waals surface area (Å²) in [7, 11) is 1.32. The van der Waals surface area contributed by atoms with Crippen LogP contribution in [0.5, 0.6) is 5.75 Å². The number of ether oxygens (including phenoxy) is 1. The van der Waals surface area contributed by atoms with Crippen LogP contribution in [0, 0.1) is 6.92 Å². The Morgan fingerprint density at radius 2 is 1.57 bits per heavy atom. The number of esters is 1. The van der Waals surface area contributed by atoms with E-state index in [1.54, 1.807) is 42.5 Å². The Bertz CT molecular complexity index is 1410. The summed E-state index contributed by atoms with van der Waals surface area (Å²) in [6.07, 6.45) is 0. The molecule has 30 heavy (non-hydrogen) atoms. The summed E-state index contributed by atoms with van der Waals surface area (Å²) in [4.78, 5) is 21.2. The molecule has 0 amide bonds. The molecule has 7 heteroatoms. The van der Waals surface area contributed by atoms with Gasteiger partial charge >= 0.3 is 5.97 Å². The van der Waals surface area contributed by atoms with Crippen LogP contribution in [0.15, 0.2) is 63.4 Å². The molecule has 0 aliphatic heterocycles. The second-order valence-corrected chi connectivity index (χ2v) is 6.80. The Balaban J connectivity index is 1.71. The molecule has 2 heterocycles. The molecule has 5 aromatic rings. The number of para-hydroxylation sites is 2. The lowest BCUT2D eigenvalue weighted by molar-refractivity contribution is 0.0602. The van der Waals surface area contributed by atoms with Gasteiger partial charge in [-0.05, 0) is 42.8 Å². The molecule has 0 spiro atoms. The predicted octanol–water partition coefficient (Wildman–Crippen LogP) is 5.10. The zero-order chi connectivity index (χ0) is 20.8. The fourth-order valence-corrected chi connectivity index (χ4v) is 3.50. The van der Waals surface area contributed by atoms with Crippen molar-refractivity contribution >= 4 is 28.2 Å². The average Bonchev–Trinajstić information content (AvgIpc) is 3.36. The predicted molar refractivity (Wildman–Crippen MR) is 110 cm³/mol. The van der Waals surface area contributed by atoms with Crippen molar-refractivity contribution in [1.82, 2.24) is 9.97 Å². The number of methoxy groups -OCH3 is 1. The van der Waals surface area contributed by atoms with Crippen LogP contribution in [0.2, 0.25) is 0 Å². The van der Waals surface area contributed by atoms with Crippen LogP contribution in [0.3, 0.4) is 0 Å². The van der Waals surface area contributed by atoms with Crippen LogP contribution in [0.25, 0.3) is 45.1 Å². The van der Waals surface area contributed by atoms with Crippen LogP contribution >= 0.6 is 0 Å². The van der Waals surface area contributed by atoms with E-state index in [1.807, 2.05) is 19.1 Å². The van der Waals surface area contributed by atoms with Crippen LogP contribution in [0.4, 0.5) is 0 Å². The van der Waals surface area contributed by atoms with E-state index in [2.05, 4.69) is 9.97 Å². The summed E-state index contributed by atoms with van der Waals surface area (Å²) < 4.78 is 16.7. The number of hydrogen-bond donors (Lipinski definition) is 1. The molecule has 7 nitrogen and oxygen atoms in total. The Morgan fingerprint density at radius 3 is 2.33 bits per heavy atom. The Hall–Kier alpha value is -4.13. The number of carbonyl (C=O) groups excluding carboxylic acids is 1. The van der Waals surface area contributed by atoms with Crippen molar-refractivity contribution in [3.8, 4) is 28.7 Å². The topological polar surface area (TPSA) is 98.6 Å². The van der Waals surface area contributed by atoms with Crippen molar-refractivity contribution in [3.05, 3.63) is 65.7 Å². The van der Waals surface area contributed by atoms with Gasteiger partial charge in [0.05, 0.1) is 23.8 Å². The second kappa shape index (κ2) is 6.73. The monoisotopic (exact) mass is 400 g/mol. The largest absolute Gasteiger partial charge is 0.507 e. The number of phenolic OH excluding ortho intramolecular Hbond substituents is 1. The lowest BCUT2D eigenvalue weighted by atomic mass is 10.1. The number of benzene rings is 3. The van der Waals surface area contributed by atoms with Gasteiger partial charge < -0.3 is 18.7 Å². The first-order chi connectivity index (χ1) is 14.6. The minimum absolute atomic E-state index is 0.0905. The van der Waals surface area contributed by atoms with Gasteiger partial charge in [-0.2, -0.15) is 0 Å². The van der Waals surface area contributed by atoms with E-state index in [0.29, 0.717) is 50.7 Å². The van der Waals surface area contributed by atoms with Crippen LogP contribution in [0.1, 0.15) is 15.9 Å². The number of carbonyl (C=O) groups is 1. The SMILES string of the molecule is COC(=O)c1cccc2oc(-c3cccc4oc(-c5c(C)cccc5O)nc34)nc12. The third-order valence-corrected chi connectivity index (χ3v) is 4.94. The number of oxazole rings is 2. The number of nitrogens with zero attached hydrogens (tertiary/aromatic N) is 2. The van der Waals surface area contributed by atoms with Crippen molar-refractivity contribution in [2.75, 3.05) is 7.11 Å². The summed E-state index contributed by atoms with van der Waals surface area (Å²) in [6, 6.07) is 15.7. The van der Waals surface area contributed by atoms with Gasteiger partial charge in [0, 0.05) is 0 Å². The van der Waals surface area contributed by atoms with Gasteiger partial charge in [0.2, 0.25) is 11.8 Å². The second-order valence-electron chi connectivity index (χ2n) is 6.80. The number of aromatic hydroxyl groups is 1. The van der Waals surface area contributed by atoms with Gasteiger partial charge in [0.1, 0.15) is 16.8 Å². The Labute approximate surface area is 170 Å². The molecule has 5 rings (SSSR count). The van der Waals surface area contributed by atoms with E-state index in [4.69, 9.17) is 13.6 Å². The third kappa shape index (κ3) is 2.71. The van der Waals surface area contributed by atoms with Crippen LogP contribution in [-0.4, -0.2) is 28.2 Å². The molecule has 0 fully saturated rings. The van der Waals surface area contributed by atoms with Gasteiger partial charge in [-0.3, -0.25) is 0 Å². The average molecular weight is 400 g/mol. The van der Waals surface area contributed by atoms with Crippen LogP contribution < -0.4 is 0 Å².